The quantitative estimate of drug-likeness (QED) is 0.210. The van der Waals surface area contributed by atoms with Crippen LogP contribution in [-0.4, -0.2) is 66.1 Å². The number of aromatic nitrogens is 4. The summed E-state index contributed by atoms with van der Waals surface area (Å²) in [5.41, 5.74) is 8.63. The van der Waals surface area contributed by atoms with Gasteiger partial charge in [-0.25, -0.2) is 15.0 Å². The molecular formula is C27H29F3N6O3S. The standard InChI is InChI=1S/C27H29F3N6O3S/c28-27(29,30)19-7-5-17(6-8-19)18-4-1-3-16(11-18)12-32-9-2-10-40-13-20-22(37)23(38)26(39-20)36-15-35-21-24(31)33-14-34-25(21)36/h1,3-8,11,14-15,20,22-23,26,32,37-38H,2,9-10,12-13H2,(H2,31,33,34)/t20-,22-,23-,26-/m1/s1. The zero-order valence-corrected chi connectivity index (χ0v) is 22.1. The van der Waals surface area contributed by atoms with Crippen molar-refractivity contribution in [2.24, 2.45) is 0 Å². The molecule has 2 aromatic heterocycles. The average Bonchev–Trinajstić information content (AvgIpc) is 3.49. The van der Waals surface area contributed by atoms with Crippen molar-refractivity contribution < 1.29 is 28.1 Å². The lowest BCUT2D eigenvalue weighted by Crippen LogP contribution is -2.32. The molecule has 212 valence electrons. The van der Waals surface area contributed by atoms with E-state index >= 15 is 0 Å². The van der Waals surface area contributed by atoms with E-state index in [1.54, 1.807) is 16.3 Å². The molecule has 0 amide bonds. The molecule has 0 spiro atoms. The van der Waals surface area contributed by atoms with Gasteiger partial charge in [-0.05, 0) is 53.6 Å². The second-order valence-electron chi connectivity index (χ2n) is 9.51. The lowest BCUT2D eigenvalue weighted by Gasteiger charge is -2.16. The van der Waals surface area contributed by atoms with Crippen molar-refractivity contribution in [3.05, 3.63) is 72.3 Å². The number of nitrogen functional groups attached to an aromatic ring is 1. The molecule has 1 saturated heterocycles. The number of rotatable bonds is 10. The Morgan fingerprint density at radius 1 is 1.02 bits per heavy atom. The molecule has 5 rings (SSSR count). The molecule has 2 aromatic carbocycles. The maximum absolute atomic E-state index is 12.8. The van der Waals surface area contributed by atoms with Crippen molar-refractivity contribution in [3.8, 4) is 11.1 Å². The van der Waals surface area contributed by atoms with Gasteiger partial charge in [-0.1, -0.05) is 30.3 Å². The molecule has 1 aliphatic rings. The molecule has 40 heavy (non-hydrogen) atoms. The number of benzene rings is 2. The summed E-state index contributed by atoms with van der Waals surface area (Å²) in [6, 6.07) is 12.9. The van der Waals surface area contributed by atoms with Crippen LogP contribution in [0.4, 0.5) is 19.0 Å². The number of imidazole rings is 1. The molecule has 13 heteroatoms. The van der Waals surface area contributed by atoms with E-state index in [2.05, 4.69) is 20.3 Å². The predicted octanol–water partition coefficient (Wildman–Crippen LogP) is 3.63. The summed E-state index contributed by atoms with van der Waals surface area (Å²) in [5.74, 6) is 1.56. The molecule has 1 fully saturated rings. The lowest BCUT2D eigenvalue weighted by molar-refractivity contribution is -0.137. The summed E-state index contributed by atoms with van der Waals surface area (Å²) in [5, 5.41) is 24.5. The van der Waals surface area contributed by atoms with Crippen LogP contribution < -0.4 is 11.1 Å². The van der Waals surface area contributed by atoms with E-state index in [-0.39, 0.29) is 5.82 Å². The first-order valence-corrected chi connectivity index (χ1v) is 13.9. The SMILES string of the molecule is Nc1ncnc2c1ncn2[C@@H]1O[C@H](CSCCCNCc2cccc(-c3ccc(C(F)(F)F)cc3)c2)[C@@H](O)[C@H]1O. The van der Waals surface area contributed by atoms with E-state index in [4.69, 9.17) is 10.5 Å². The second-order valence-corrected chi connectivity index (χ2v) is 10.7. The zero-order chi connectivity index (χ0) is 28.3. The van der Waals surface area contributed by atoms with Crippen LogP contribution in [0.1, 0.15) is 23.8 Å². The third-order valence-corrected chi connectivity index (χ3v) is 7.87. The van der Waals surface area contributed by atoms with Crippen LogP contribution in [0.2, 0.25) is 0 Å². The fourth-order valence-corrected chi connectivity index (χ4v) is 5.62. The minimum atomic E-state index is -4.35. The Kier molecular flexibility index (Phi) is 8.57. The molecule has 3 heterocycles. The fraction of sp³-hybridized carbons (Fsp3) is 0.370. The van der Waals surface area contributed by atoms with Gasteiger partial charge in [-0.3, -0.25) is 4.57 Å². The maximum atomic E-state index is 12.8. The summed E-state index contributed by atoms with van der Waals surface area (Å²) in [6.45, 7) is 1.39. The fourth-order valence-electron chi connectivity index (χ4n) is 4.60. The van der Waals surface area contributed by atoms with Crippen LogP contribution in [0, 0.1) is 0 Å². The number of anilines is 1. The molecule has 0 bridgehead atoms. The minimum Gasteiger partial charge on any atom is -0.387 e. The lowest BCUT2D eigenvalue weighted by atomic mass is 10.0. The number of halogens is 3. The van der Waals surface area contributed by atoms with Crippen LogP contribution in [0.3, 0.4) is 0 Å². The molecule has 0 aliphatic carbocycles. The Morgan fingerprint density at radius 3 is 2.60 bits per heavy atom. The van der Waals surface area contributed by atoms with E-state index < -0.39 is 36.3 Å². The van der Waals surface area contributed by atoms with Crippen molar-refractivity contribution in [3.63, 3.8) is 0 Å². The highest BCUT2D eigenvalue weighted by molar-refractivity contribution is 7.99. The molecule has 5 N–H and O–H groups in total. The van der Waals surface area contributed by atoms with E-state index in [1.165, 1.54) is 24.8 Å². The van der Waals surface area contributed by atoms with Gasteiger partial charge < -0.3 is 26.0 Å². The van der Waals surface area contributed by atoms with E-state index in [0.717, 1.165) is 47.5 Å². The summed E-state index contributed by atoms with van der Waals surface area (Å²) < 4.78 is 46.0. The third kappa shape index (κ3) is 6.23. The Labute approximate surface area is 232 Å². The molecule has 4 atom stereocenters. The van der Waals surface area contributed by atoms with Crippen molar-refractivity contribution in [1.29, 1.82) is 0 Å². The first-order chi connectivity index (χ1) is 19.2. The first kappa shape index (κ1) is 28.3. The second kappa shape index (κ2) is 12.1. The van der Waals surface area contributed by atoms with Gasteiger partial charge in [0.2, 0.25) is 0 Å². The molecule has 9 nitrogen and oxygen atoms in total. The highest BCUT2D eigenvalue weighted by Gasteiger charge is 2.44. The number of fused-ring (bicyclic) bond motifs is 1. The number of ether oxygens (including phenoxy) is 1. The third-order valence-electron chi connectivity index (χ3n) is 6.72. The van der Waals surface area contributed by atoms with Crippen LogP contribution in [0.5, 0.6) is 0 Å². The number of hydrogen-bond donors (Lipinski definition) is 4. The predicted molar refractivity (Wildman–Crippen MR) is 146 cm³/mol. The van der Waals surface area contributed by atoms with Crippen LogP contribution in [0.15, 0.2) is 61.2 Å². The van der Waals surface area contributed by atoms with Gasteiger partial charge in [-0.15, -0.1) is 0 Å². The largest absolute Gasteiger partial charge is 0.416 e. The molecular weight excluding hydrogens is 545 g/mol. The number of aliphatic hydroxyl groups excluding tert-OH is 2. The van der Waals surface area contributed by atoms with E-state index in [0.29, 0.717) is 23.5 Å². The normalized spacial score (nSPS) is 21.3. The first-order valence-electron chi connectivity index (χ1n) is 12.7. The Bertz CT molecular complexity index is 1440. The average molecular weight is 575 g/mol. The van der Waals surface area contributed by atoms with E-state index in [1.807, 2.05) is 24.3 Å². The van der Waals surface area contributed by atoms with Gasteiger partial charge in [0.15, 0.2) is 17.7 Å². The highest BCUT2D eigenvalue weighted by Crippen LogP contribution is 2.34. The van der Waals surface area contributed by atoms with Crippen LogP contribution >= 0.6 is 11.8 Å². The minimum absolute atomic E-state index is 0.226. The monoisotopic (exact) mass is 574 g/mol. The number of alkyl halides is 3. The molecule has 0 unspecified atom stereocenters. The number of hydrogen-bond acceptors (Lipinski definition) is 9. The van der Waals surface area contributed by atoms with Crippen LogP contribution in [-0.2, 0) is 17.5 Å². The Balaban J connectivity index is 1.04. The Morgan fingerprint density at radius 2 is 1.82 bits per heavy atom. The molecule has 0 radical (unpaired) electrons. The Hall–Kier alpha value is -3.23. The van der Waals surface area contributed by atoms with Crippen molar-refractivity contribution in [2.45, 2.75) is 43.7 Å². The number of aliphatic hydroxyl groups is 2. The topological polar surface area (TPSA) is 131 Å². The van der Waals surface area contributed by atoms with Gasteiger partial charge in [0.05, 0.1) is 18.0 Å². The summed E-state index contributed by atoms with van der Waals surface area (Å²) in [7, 11) is 0. The van der Waals surface area contributed by atoms with Crippen molar-refractivity contribution in [2.75, 3.05) is 23.8 Å². The smallest absolute Gasteiger partial charge is 0.387 e. The summed E-state index contributed by atoms with van der Waals surface area (Å²) >= 11 is 1.62. The number of nitrogens with two attached hydrogens (primary N) is 1. The highest BCUT2D eigenvalue weighted by atomic mass is 32.2. The van der Waals surface area contributed by atoms with E-state index in [9.17, 15) is 23.4 Å². The molecule has 1 aliphatic heterocycles. The number of nitrogens with zero attached hydrogens (tertiary/aromatic N) is 4. The molecule has 0 saturated carbocycles. The van der Waals surface area contributed by atoms with Gasteiger partial charge >= 0.3 is 6.18 Å². The number of nitrogens with one attached hydrogen (secondary N) is 1. The van der Waals surface area contributed by atoms with Crippen LogP contribution in [0.25, 0.3) is 22.3 Å². The van der Waals surface area contributed by atoms with Gasteiger partial charge in [0.1, 0.15) is 24.1 Å². The molecule has 4 aromatic rings. The number of thioether (sulfide) groups is 1. The van der Waals surface area contributed by atoms with Gasteiger partial charge in [0, 0.05) is 12.3 Å². The zero-order valence-electron chi connectivity index (χ0n) is 21.3. The van der Waals surface area contributed by atoms with Crippen molar-refractivity contribution in [1.82, 2.24) is 24.8 Å². The van der Waals surface area contributed by atoms with Gasteiger partial charge in [-0.2, -0.15) is 24.9 Å². The summed E-state index contributed by atoms with van der Waals surface area (Å²) in [6.07, 6.45) is -4.27. The van der Waals surface area contributed by atoms with Crippen molar-refractivity contribution >= 4 is 28.7 Å². The summed E-state index contributed by atoms with van der Waals surface area (Å²) in [4.78, 5) is 12.3. The van der Waals surface area contributed by atoms with Gasteiger partial charge in [0.25, 0.3) is 0 Å². The maximum Gasteiger partial charge on any atom is 0.416 e.